The Morgan fingerprint density at radius 2 is 2.15 bits per heavy atom. The van der Waals surface area contributed by atoms with E-state index in [1.807, 2.05) is 20.8 Å². The first-order chi connectivity index (χ1) is 9.29. The molecule has 1 aromatic rings. The van der Waals surface area contributed by atoms with Crippen molar-refractivity contribution in [3.8, 4) is 0 Å². The topological polar surface area (TPSA) is 83.6 Å². The van der Waals surface area contributed by atoms with E-state index in [0.717, 1.165) is 0 Å². The molecule has 20 heavy (non-hydrogen) atoms. The van der Waals surface area contributed by atoms with Crippen LogP contribution in [-0.4, -0.2) is 40.1 Å². The quantitative estimate of drug-likeness (QED) is 0.894. The monoisotopic (exact) mass is 280 g/mol. The van der Waals surface area contributed by atoms with Gasteiger partial charge in [0, 0.05) is 24.6 Å². The van der Waals surface area contributed by atoms with Crippen LogP contribution in [-0.2, 0) is 10.2 Å². The van der Waals surface area contributed by atoms with Crippen molar-refractivity contribution in [2.45, 2.75) is 39.0 Å². The van der Waals surface area contributed by atoms with Crippen molar-refractivity contribution < 1.29 is 19.2 Å². The van der Waals surface area contributed by atoms with Gasteiger partial charge in [-0.1, -0.05) is 25.9 Å². The van der Waals surface area contributed by atoms with E-state index in [4.69, 9.17) is 9.63 Å². The van der Waals surface area contributed by atoms with Crippen LogP contribution in [0.3, 0.4) is 0 Å². The van der Waals surface area contributed by atoms with Crippen LogP contribution >= 0.6 is 0 Å². The second-order valence-electron chi connectivity index (χ2n) is 6.25. The van der Waals surface area contributed by atoms with Crippen molar-refractivity contribution in [2.24, 2.45) is 5.92 Å². The van der Waals surface area contributed by atoms with Crippen LogP contribution in [0.1, 0.15) is 49.9 Å². The van der Waals surface area contributed by atoms with Gasteiger partial charge in [0.15, 0.2) is 5.69 Å². The minimum Gasteiger partial charge on any atom is -0.481 e. The Morgan fingerprint density at radius 3 is 2.70 bits per heavy atom. The van der Waals surface area contributed by atoms with E-state index >= 15 is 0 Å². The van der Waals surface area contributed by atoms with E-state index in [2.05, 4.69) is 5.16 Å². The molecule has 1 aliphatic heterocycles. The van der Waals surface area contributed by atoms with Crippen LogP contribution in [0, 0.1) is 5.92 Å². The van der Waals surface area contributed by atoms with Crippen LogP contribution in [0.25, 0.3) is 0 Å². The number of aliphatic carboxylic acids is 1. The third kappa shape index (κ3) is 3.00. The molecule has 0 spiro atoms. The molecule has 1 amide bonds. The summed E-state index contributed by atoms with van der Waals surface area (Å²) < 4.78 is 5.20. The smallest absolute Gasteiger partial charge is 0.308 e. The third-order valence-electron chi connectivity index (χ3n) is 3.53. The fraction of sp³-hybridized carbons (Fsp3) is 0.643. The number of hydrogen-bond donors (Lipinski definition) is 1. The van der Waals surface area contributed by atoms with Gasteiger partial charge in [0.1, 0.15) is 5.76 Å². The number of nitrogens with zero attached hydrogens (tertiary/aromatic N) is 2. The number of aromatic nitrogens is 1. The molecule has 1 fully saturated rings. The molecule has 6 heteroatoms. The Hall–Kier alpha value is -1.85. The van der Waals surface area contributed by atoms with E-state index in [0.29, 0.717) is 25.1 Å². The molecule has 1 aromatic heterocycles. The molecule has 2 rings (SSSR count). The van der Waals surface area contributed by atoms with Gasteiger partial charge >= 0.3 is 5.97 Å². The first kappa shape index (κ1) is 14.6. The van der Waals surface area contributed by atoms with Crippen molar-refractivity contribution in [1.29, 1.82) is 0 Å². The van der Waals surface area contributed by atoms with Gasteiger partial charge in [-0.25, -0.2) is 0 Å². The number of carbonyl (C=O) groups is 2. The zero-order valence-corrected chi connectivity index (χ0v) is 12.0. The molecule has 1 unspecified atom stereocenters. The van der Waals surface area contributed by atoms with E-state index in [9.17, 15) is 9.59 Å². The summed E-state index contributed by atoms with van der Waals surface area (Å²) in [5.74, 6) is -0.942. The molecule has 0 saturated carbocycles. The molecule has 2 heterocycles. The number of hydrogen-bond acceptors (Lipinski definition) is 4. The summed E-state index contributed by atoms with van der Waals surface area (Å²) in [6, 6.07) is 1.65. The Kier molecular flexibility index (Phi) is 3.83. The SMILES string of the molecule is CC(C)(C)c1cc(C(=O)N2CCCC(C(=O)O)C2)no1. The summed E-state index contributed by atoms with van der Waals surface area (Å²) in [6.45, 7) is 6.74. The lowest BCUT2D eigenvalue weighted by Crippen LogP contribution is -2.42. The lowest BCUT2D eigenvalue weighted by atomic mass is 9.93. The highest BCUT2D eigenvalue weighted by Crippen LogP contribution is 2.24. The molecular weight excluding hydrogens is 260 g/mol. The molecule has 0 bridgehead atoms. The predicted molar refractivity (Wildman–Crippen MR) is 71.5 cm³/mol. The fourth-order valence-electron chi connectivity index (χ4n) is 2.25. The lowest BCUT2D eigenvalue weighted by Gasteiger charge is -2.29. The Labute approximate surface area is 117 Å². The Morgan fingerprint density at radius 1 is 1.45 bits per heavy atom. The number of piperidine rings is 1. The molecule has 6 nitrogen and oxygen atoms in total. The molecule has 0 aromatic carbocycles. The predicted octanol–water partition coefficient (Wildman–Crippen LogP) is 1.91. The third-order valence-corrected chi connectivity index (χ3v) is 3.53. The standard InChI is InChI=1S/C14H20N2O4/c1-14(2,3)11-7-10(15-20-11)12(17)16-6-4-5-9(8-16)13(18)19/h7,9H,4-6,8H2,1-3H3,(H,18,19). The molecule has 0 radical (unpaired) electrons. The minimum atomic E-state index is -0.849. The highest BCUT2D eigenvalue weighted by molar-refractivity contribution is 5.92. The first-order valence-corrected chi connectivity index (χ1v) is 6.78. The second kappa shape index (κ2) is 5.26. The van der Waals surface area contributed by atoms with Crippen molar-refractivity contribution in [2.75, 3.05) is 13.1 Å². The highest BCUT2D eigenvalue weighted by atomic mass is 16.5. The molecule has 1 saturated heterocycles. The molecule has 1 atom stereocenters. The van der Waals surface area contributed by atoms with Gasteiger partial charge in [0.05, 0.1) is 5.92 Å². The van der Waals surface area contributed by atoms with Crippen LogP contribution in [0.15, 0.2) is 10.6 Å². The maximum absolute atomic E-state index is 12.3. The summed E-state index contributed by atoms with van der Waals surface area (Å²) in [5, 5.41) is 12.9. The number of amides is 1. The zero-order chi connectivity index (χ0) is 14.9. The Balaban J connectivity index is 2.11. The number of likely N-dealkylation sites (tertiary alicyclic amines) is 1. The van der Waals surface area contributed by atoms with E-state index in [1.54, 1.807) is 11.0 Å². The number of carbonyl (C=O) groups excluding carboxylic acids is 1. The summed E-state index contributed by atoms with van der Waals surface area (Å²) >= 11 is 0. The first-order valence-electron chi connectivity index (χ1n) is 6.78. The van der Waals surface area contributed by atoms with E-state index in [1.165, 1.54) is 0 Å². The average Bonchev–Trinajstić information content (AvgIpc) is 2.87. The van der Waals surface area contributed by atoms with Gasteiger partial charge in [-0.3, -0.25) is 9.59 Å². The summed E-state index contributed by atoms with van der Waals surface area (Å²) in [4.78, 5) is 24.9. The summed E-state index contributed by atoms with van der Waals surface area (Å²) in [6.07, 6.45) is 1.32. The largest absolute Gasteiger partial charge is 0.481 e. The summed E-state index contributed by atoms with van der Waals surface area (Å²) in [7, 11) is 0. The van der Waals surface area contributed by atoms with Gasteiger partial charge < -0.3 is 14.5 Å². The van der Waals surface area contributed by atoms with Crippen LogP contribution in [0.2, 0.25) is 0 Å². The fourth-order valence-corrected chi connectivity index (χ4v) is 2.25. The molecular formula is C14H20N2O4. The number of rotatable bonds is 2. The van der Waals surface area contributed by atoms with Gasteiger partial charge in [-0.05, 0) is 12.8 Å². The van der Waals surface area contributed by atoms with Crippen LogP contribution in [0.4, 0.5) is 0 Å². The highest BCUT2D eigenvalue weighted by Gasteiger charge is 2.31. The number of carboxylic acid groups (broad SMARTS) is 1. The molecule has 110 valence electrons. The molecule has 1 aliphatic rings. The molecule has 1 N–H and O–H groups in total. The molecule has 0 aliphatic carbocycles. The van der Waals surface area contributed by atoms with Gasteiger partial charge in [0.25, 0.3) is 5.91 Å². The maximum atomic E-state index is 12.3. The van der Waals surface area contributed by atoms with Gasteiger partial charge in [-0.2, -0.15) is 0 Å². The van der Waals surface area contributed by atoms with Crippen molar-refractivity contribution in [3.05, 3.63) is 17.5 Å². The summed E-state index contributed by atoms with van der Waals surface area (Å²) in [5.41, 5.74) is 0.0396. The second-order valence-corrected chi connectivity index (χ2v) is 6.25. The minimum absolute atomic E-state index is 0.211. The lowest BCUT2D eigenvalue weighted by molar-refractivity contribution is -0.143. The van der Waals surface area contributed by atoms with Crippen molar-refractivity contribution in [1.82, 2.24) is 10.1 Å². The number of carboxylic acids is 1. The maximum Gasteiger partial charge on any atom is 0.308 e. The van der Waals surface area contributed by atoms with Crippen molar-refractivity contribution in [3.63, 3.8) is 0 Å². The Bertz CT molecular complexity index is 515. The van der Waals surface area contributed by atoms with Gasteiger partial charge in [-0.15, -0.1) is 0 Å². The van der Waals surface area contributed by atoms with Gasteiger partial charge in [0.2, 0.25) is 0 Å². The van der Waals surface area contributed by atoms with Crippen LogP contribution < -0.4 is 0 Å². The normalized spacial score (nSPS) is 19.9. The zero-order valence-electron chi connectivity index (χ0n) is 12.0. The van der Waals surface area contributed by atoms with Crippen molar-refractivity contribution >= 4 is 11.9 Å². The van der Waals surface area contributed by atoms with E-state index < -0.39 is 11.9 Å². The van der Waals surface area contributed by atoms with Crippen LogP contribution in [0.5, 0.6) is 0 Å². The average molecular weight is 280 g/mol. The van der Waals surface area contributed by atoms with E-state index in [-0.39, 0.29) is 23.6 Å².